The van der Waals surface area contributed by atoms with Crippen LogP contribution in [0.3, 0.4) is 0 Å². The highest BCUT2D eigenvalue weighted by molar-refractivity contribution is 5.88. The van der Waals surface area contributed by atoms with Crippen LogP contribution in [0.5, 0.6) is 0 Å². The van der Waals surface area contributed by atoms with Crippen LogP contribution in [0.25, 0.3) is 77.5 Å². The fourth-order valence-corrected chi connectivity index (χ4v) is 6.38. The number of nitrogens with zero attached hydrogens (tertiary/aromatic N) is 1. The van der Waals surface area contributed by atoms with E-state index in [1.807, 2.05) is 66.7 Å². The van der Waals surface area contributed by atoms with Gasteiger partial charge in [0.2, 0.25) is 0 Å². The minimum atomic E-state index is -0.991. The Morgan fingerprint density at radius 3 is 1.08 bits per heavy atom. The van der Waals surface area contributed by atoms with Gasteiger partial charge in [0.15, 0.2) is 0 Å². The number of anilines is 3. The minimum Gasteiger partial charge on any atom is -0.311 e. The number of hydrogen-bond donors (Lipinski definition) is 0. The molecule has 0 unspecified atom stereocenters. The molecule has 0 saturated heterocycles. The molecule has 278 valence electrons. The van der Waals surface area contributed by atoms with E-state index in [0.29, 0.717) is 11.1 Å². The number of fused-ring (bicyclic) bond motifs is 1. The monoisotopic (exact) mass is 777 g/mol. The first kappa shape index (κ1) is 17.4. The fourth-order valence-electron chi connectivity index (χ4n) is 6.38. The van der Waals surface area contributed by atoms with Crippen molar-refractivity contribution in [2.45, 2.75) is 0 Å². The SMILES string of the molecule is [2H]c1c([2H])c([2H])c(-c2c([2H])c([2H])c(-c3c([2H])c([2H])c(N(c4ccc(-c5cccc(-c6ccc7ccccc7c6)c5)cc4)c4c([2H])c([2H])c(-c5c([2H])c([2H])c(-c6c([2H])c([2H])c([2H])c([2H])c6[2H])c([2H])c5[2H])c([2H])c4[2H])c([2H])c3[2H])c([2H])c2[2H])c([2H])c1[2H]. The summed E-state index contributed by atoms with van der Waals surface area (Å²) >= 11 is 0. The maximum absolute atomic E-state index is 9.60. The average molecular weight is 778 g/mol. The Bertz CT molecular complexity index is 4180. The van der Waals surface area contributed by atoms with Crippen LogP contribution < -0.4 is 4.90 Å². The average Bonchev–Trinajstić information content (AvgIpc) is 0.852. The Morgan fingerprint density at radius 1 is 0.237 bits per heavy atom. The molecule has 10 rings (SSSR count). The zero-order chi connectivity index (χ0) is 62.0. The first-order chi connectivity index (χ1) is 40.1. The maximum Gasteiger partial charge on any atom is 0.0645 e. The normalized spacial score (nSPS) is 17.2. The summed E-state index contributed by atoms with van der Waals surface area (Å²) in [6, 6.07) is 3.72. The van der Waals surface area contributed by atoms with E-state index in [1.165, 1.54) is 12.1 Å². The third kappa shape index (κ3) is 7.58. The van der Waals surface area contributed by atoms with E-state index in [9.17, 15) is 11.0 Å². The fraction of sp³-hybridized carbons (Fsp3) is 0. The number of benzene rings is 10. The third-order valence-corrected chi connectivity index (χ3v) is 9.33. The summed E-state index contributed by atoms with van der Waals surface area (Å²) in [6.45, 7) is 0. The topological polar surface area (TPSA) is 3.24 Å². The summed E-state index contributed by atoms with van der Waals surface area (Å²) in [6.07, 6.45) is 0. The first-order valence-corrected chi connectivity index (χ1v) is 18.1. The molecule has 0 bridgehead atoms. The van der Waals surface area contributed by atoms with Crippen molar-refractivity contribution >= 4 is 27.8 Å². The van der Waals surface area contributed by atoms with E-state index in [-0.39, 0.29) is 5.69 Å². The van der Waals surface area contributed by atoms with Crippen molar-refractivity contribution in [3.63, 3.8) is 0 Å². The van der Waals surface area contributed by atoms with Crippen molar-refractivity contribution in [2.75, 3.05) is 4.90 Å². The minimum absolute atomic E-state index is 0.0871. The second kappa shape index (κ2) is 16.0. The molecule has 1 heteroatoms. The lowest BCUT2D eigenvalue weighted by molar-refractivity contribution is 1.28. The Labute approximate surface area is 383 Å². The van der Waals surface area contributed by atoms with Gasteiger partial charge in [-0.25, -0.2) is 0 Å². The number of hydrogen-bond acceptors (Lipinski definition) is 1. The highest BCUT2D eigenvalue weighted by atomic mass is 15.1. The van der Waals surface area contributed by atoms with Crippen LogP contribution >= 0.6 is 0 Å². The van der Waals surface area contributed by atoms with Gasteiger partial charge in [0.25, 0.3) is 0 Å². The second-order valence-electron chi connectivity index (χ2n) is 13.0. The van der Waals surface area contributed by atoms with Gasteiger partial charge in [-0.3, -0.25) is 0 Å². The number of rotatable bonds is 9. The lowest BCUT2D eigenvalue weighted by atomic mass is 9.97. The van der Waals surface area contributed by atoms with Crippen molar-refractivity contribution in [3.05, 3.63) is 248 Å². The van der Waals surface area contributed by atoms with E-state index in [4.69, 9.17) is 24.7 Å². The van der Waals surface area contributed by atoms with Crippen molar-refractivity contribution in [1.29, 1.82) is 0 Å². The molecule has 0 aliphatic rings. The molecule has 0 heterocycles. The van der Waals surface area contributed by atoms with Gasteiger partial charge in [-0.15, -0.1) is 0 Å². The summed E-state index contributed by atoms with van der Waals surface area (Å²) in [4.78, 5) is 0.900. The van der Waals surface area contributed by atoms with Gasteiger partial charge >= 0.3 is 0 Å². The maximum atomic E-state index is 9.60. The largest absolute Gasteiger partial charge is 0.311 e. The van der Waals surface area contributed by atoms with E-state index in [2.05, 4.69) is 0 Å². The van der Waals surface area contributed by atoms with Crippen LogP contribution in [0.2, 0.25) is 0 Å². The molecule has 10 aromatic carbocycles. The summed E-state index contributed by atoms with van der Waals surface area (Å²) < 4.78 is 231. The Morgan fingerprint density at radius 2 is 0.610 bits per heavy atom. The highest BCUT2D eigenvalue weighted by Gasteiger charge is 2.14. The molecule has 0 amide bonds. The zero-order valence-corrected chi connectivity index (χ0v) is 30.6. The van der Waals surface area contributed by atoms with Gasteiger partial charge in [0.1, 0.15) is 0 Å². The molecule has 0 saturated carbocycles. The van der Waals surface area contributed by atoms with Gasteiger partial charge in [0, 0.05) is 17.1 Å². The van der Waals surface area contributed by atoms with Crippen molar-refractivity contribution in [3.8, 4) is 66.8 Å². The summed E-state index contributed by atoms with van der Waals surface area (Å²) in [5.74, 6) is 0. The second-order valence-corrected chi connectivity index (χ2v) is 13.0. The van der Waals surface area contributed by atoms with E-state index >= 15 is 0 Å². The van der Waals surface area contributed by atoms with Gasteiger partial charge in [-0.1, -0.05) is 200 Å². The van der Waals surface area contributed by atoms with E-state index in [0.717, 1.165) is 26.8 Å². The Kier molecular flexibility index (Phi) is 4.72. The Hall–Kier alpha value is -7.74. The molecule has 10 aromatic rings. The zero-order valence-electron chi connectivity index (χ0n) is 56.6. The molecule has 59 heavy (non-hydrogen) atoms. The van der Waals surface area contributed by atoms with Crippen LogP contribution in [0.4, 0.5) is 17.1 Å². The molecule has 0 aliphatic carbocycles. The molecule has 0 fully saturated rings. The molecule has 1 nitrogen and oxygen atoms in total. The van der Waals surface area contributed by atoms with Crippen LogP contribution in [0.1, 0.15) is 35.6 Å². The van der Waals surface area contributed by atoms with Gasteiger partial charge in [-0.2, -0.15) is 0 Å². The summed E-state index contributed by atoms with van der Waals surface area (Å²) in [5.41, 5.74) is -4.32. The quantitative estimate of drug-likeness (QED) is 0.141. The third-order valence-electron chi connectivity index (χ3n) is 9.33. The summed E-state index contributed by atoms with van der Waals surface area (Å²) in [7, 11) is 0. The predicted octanol–water partition coefficient (Wildman–Crippen LogP) is 16.3. The lowest BCUT2D eigenvalue weighted by Crippen LogP contribution is -2.09. The molecule has 0 radical (unpaired) electrons. The van der Waals surface area contributed by atoms with Crippen molar-refractivity contribution < 1.29 is 35.6 Å². The standard InChI is InChI=1S/C58H41N/c1-3-10-42(11-4-1)45-18-22-47(23-19-45)49-28-34-56(35-29-49)59(57-36-30-50(31-37-57)48-24-20-46(21-25-48)43-12-5-2-6-13-43)58-38-32-51(33-39-58)53-16-9-17-54(40-53)55-27-26-44-14-7-8-15-52(44)41-55/h1-41H/i1D,2D,3D,4D,5D,6D,10D,11D,12D,13D,18D,19D,20D,21D,22D,23D,24D,25D,28D,29D,30D,31D,34D,35D,36D,37D. The predicted molar refractivity (Wildman–Crippen MR) is 251 cm³/mol. The molecule has 0 aliphatic heterocycles. The van der Waals surface area contributed by atoms with E-state index < -0.39 is 213 Å². The van der Waals surface area contributed by atoms with Crippen molar-refractivity contribution in [2.24, 2.45) is 0 Å². The molecular weight excluding hydrogens is 711 g/mol. The van der Waals surface area contributed by atoms with Crippen molar-refractivity contribution in [1.82, 2.24) is 0 Å². The first-order valence-electron chi connectivity index (χ1n) is 31.1. The molecule has 0 N–H and O–H groups in total. The van der Waals surface area contributed by atoms with Gasteiger partial charge in [-0.05, 0) is 126 Å². The van der Waals surface area contributed by atoms with Gasteiger partial charge in [0.05, 0.1) is 35.6 Å². The molecular formula is C58H41N. The van der Waals surface area contributed by atoms with Crippen LogP contribution in [0, 0.1) is 0 Å². The van der Waals surface area contributed by atoms with Gasteiger partial charge < -0.3 is 4.90 Å². The highest BCUT2D eigenvalue weighted by Crippen LogP contribution is 2.39. The molecule has 0 atom stereocenters. The van der Waals surface area contributed by atoms with Crippen LogP contribution in [0.15, 0.2) is 248 Å². The van der Waals surface area contributed by atoms with Crippen LogP contribution in [-0.2, 0) is 0 Å². The Balaban J connectivity index is 1.19. The van der Waals surface area contributed by atoms with E-state index in [1.54, 1.807) is 12.1 Å². The molecule has 0 spiro atoms. The lowest BCUT2D eigenvalue weighted by Gasteiger charge is -2.26. The summed E-state index contributed by atoms with van der Waals surface area (Å²) in [5, 5.41) is 2.06. The smallest absolute Gasteiger partial charge is 0.0645 e. The van der Waals surface area contributed by atoms with Crippen LogP contribution in [-0.4, -0.2) is 0 Å². The molecule has 0 aromatic heterocycles.